The number of benzene rings is 2. The first kappa shape index (κ1) is 24.5. The van der Waals surface area contributed by atoms with E-state index in [4.69, 9.17) is 4.74 Å². The van der Waals surface area contributed by atoms with Gasteiger partial charge in [0.2, 0.25) is 5.91 Å². The van der Waals surface area contributed by atoms with Crippen LogP contribution in [0.15, 0.2) is 48.5 Å². The van der Waals surface area contributed by atoms with Gasteiger partial charge in [-0.05, 0) is 61.8 Å². The third-order valence-electron chi connectivity index (χ3n) is 8.68. The first-order valence-electron chi connectivity index (χ1n) is 13.5. The number of hydrogen-bond donors (Lipinski definition) is 1. The molecule has 1 N–H and O–H groups in total. The molecule has 1 atom stereocenters. The highest BCUT2D eigenvalue weighted by Gasteiger charge is 2.42. The summed E-state index contributed by atoms with van der Waals surface area (Å²) in [6, 6.07) is 16.0. The van der Waals surface area contributed by atoms with E-state index in [9.17, 15) is 14.4 Å². The van der Waals surface area contributed by atoms with Crippen LogP contribution in [-0.2, 0) is 27.3 Å². The fourth-order valence-electron chi connectivity index (χ4n) is 6.71. The second-order valence-electron chi connectivity index (χ2n) is 10.8. The summed E-state index contributed by atoms with van der Waals surface area (Å²) in [6.07, 6.45) is 3.92. The fourth-order valence-corrected chi connectivity index (χ4v) is 6.71. The smallest absolute Gasteiger partial charge is 0.308 e. The van der Waals surface area contributed by atoms with Crippen LogP contribution in [-0.4, -0.2) is 54.5 Å². The van der Waals surface area contributed by atoms with Crippen LogP contribution in [0.5, 0.6) is 0 Å². The zero-order valence-corrected chi connectivity index (χ0v) is 22.0. The Hall–Kier alpha value is -3.81. The van der Waals surface area contributed by atoms with E-state index in [-0.39, 0.29) is 36.4 Å². The van der Waals surface area contributed by atoms with E-state index in [2.05, 4.69) is 26.9 Å². The maximum atomic E-state index is 13.5. The number of hydrogen-bond acceptors (Lipinski definition) is 5. The van der Waals surface area contributed by atoms with Crippen LogP contribution in [0.2, 0.25) is 0 Å². The summed E-state index contributed by atoms with van der Waals surface area (Å²) in [5, 5.41) is 4.31. The number of esters is 1. The first-order valence-corrected chi connectivity index (χ1v) is 13.5. The number of aromatic nitrogens is 1. The number of nitrogens with zero attached hydrogens (tertiary/aromatic N) is 3. The van der Waals surface area contributed by atoms with Gasteiger partial charge in [0.25, 0.3) is 5.91 Å². The Morgan fingerprint density at radius 1 is 1.03 bits per heavy atom. The van der Waals surface area contributed by atoms with Crippen LogP contribution >= 0.6 is 0 Å². The summed E-state index contributed by atoms with van der Waals surface area (Å²) in [5.41, 5.74) is 4.89. The number of rotatable bonds is 5. The molecule has 8 nitrogen and oxygen atoms in total. The molecule has 1 fully saturated rings. The van der Waals surface area contributed by atoms with Gasteiger partial charge in [-0.2, -0.15) is 0 Å². The van der Waals surface area contributed by atoms with Crippen molar-refractivity contribution >= 4 is 34.4 Å². The van der Waals surface area contributed by atoms with Gasteiger partial charge in [0.15, 0.2) is 0 Å². The van der Waals surface area contributed by atoms with Crippen molar-refractivity contribution in [3.8, 4) is 0 Å². The van der Waals surface area contributed by atoms with E-state index in [1.165, 1.54) is 12.7 Å². The first-order chi connectivity index (χ1) is 18.5. The molecule has 0 radical (unpaired) electrons. The number of anilines is 1. The summed E-state index contributed by atoms with van der Waals surface area (Å²) in [6.45, 7) is 1.44. The predicted octanol–water partition coefficient (Wildman–Crippen LogP) is 3.88. The lowest BCUT2D eigenvalue weighted by molar-refractivity contribution is -0.146. The number of carbonyl (C=O) groups excluding carboxylic acids is 3. The summed E-state index contributed by atoms with van der Waals surface area (Å²) < 4.78 is 7.01. The highest BCUT2D eigenvalue weighted by molar-refractivity contribution is 6.02. The molecule has 2 amide bonds. The largest absolute Gasteiger partial charge is 0.469 e. The molecule has 1 aliphatic carbocycles. The standard InChI is InChI=1S/C30H34N4O4/c1-32-24-9-5-4-8-23(24)29(36)33-16-15-22-21-7-3-6-10-25(21)34(27(22)28(32)33)18-26(35)31-17-19-11-13-20(14-12-19)30(37)38-2/h3-10,19-20,28H,11-18H2,1-2H3,(H,31,35). The molecule has 8 heteroatoms. The minimum absolute atomic E-state index is 0.0204. The van der Waals surface area contributed by atoms with E-state index in [1.807, 2.05) is 48.3 Å². The van der Waals surface area contributed by atoms with Gasteiger partial charge in [0, 0.05) is 31.0 Å². The Morgan fingerprint density at radius 3 is 2.55 bits per heavy atom. The van der Waals surface area contributed by atoms with Gasteiger partial charge in [0.05, 0.1) is 30.0 Å². The Balaban J connectivity index is 1.26. The maximum Gasteiger partial charge on any atom is 0.308 e. The third-order valence-corrected chi connectivity index (χ3v) is 8.68. The molecule has 1 unspecified atom stereocenters. The van der Waals surface area contributed by atoms with Gasteiger partial charge in [-0.25, -0.2) is 0 Å². The van der Waals surface area contributed by atoms with Crippen molar-refractivity contribution in [1.29, 1.82) is 0 Å². The third kappa shape index (κ3) is 4.03. The number of carbonyl (C=O) groups is 3. The number of para-hydroxylation sites is 2. The van der Waals surface area contributed by atoms with Gasteiger partial charge in [-0.15, -0.1) is 0 Å². The molecular weight excluding hydrogens is 480 g/mol. The molecule has 1 saturated carbocycles. The number of fused-ring (bicyclic) bond motifs is 6. The summed E-state index contributed by atoms with van der Waals surface area (Å²) in [5.74, 6) is 0.223. The average molecular weight is 515 g/mol. The lowest BCUT2D eigenvalue weighted by atomic mass is 9.82. The normalized spacial score (nSPS) is 22.5. The van der Waals surface area contributed by atoms with Gasteiger partial charge < -0.3 is 24.4 Å². The van der Waals surface area contributed by atoms with Crippen LogP contribution in [0.3, 0.4) is 0 Å². The Kier molecular flexibility index (Phi) is 6.33. The van der Waals surface area contributed by atoms with Crippen molar-refractivity contribution in [3.05, 3.63) is 65.4 Å². The molecule has 6 rings (SSSR count). The quantitative estimate of drug-likeness (QED) is 0.523. The topological polar surface area (TPSA) is 83.9 Å². The zero-order valence-electron chi connectivity index (χ0n) is 22.0. The van der Waals surface area contributed by atoms with Crippen LogP contribution in [0.25, 0.3) is 10.9 Å². The van der Waals surface area contributed by atoms with E-state index in [0.29, 0.717) is 19.0 Å². The number of ether oxygens (including phenoxy) is 1. The van der Waals surface area contributed by atoms with Gasteiger partial charge >= 0.3 is 5.97 Å². The van der Waals surface area contributed by atoms with E-state index in [0.717, 1.165) is 60.0 Å². The van der Waals surface area contributed by atoms with Crippen LogP contribution in [0.1, 0.15) is 53.5 Å². The monoisotopic (exact) mass is 514 g/mol. The second kappa shape index (κ2) is 9.82. The van der Waals surface area contributed by atoms with Gasteiger partial charge in [0.1, 0.15) is 12.7 Å². The van der Waals surface area contributed by atoms with Gasteiger partial charge in [-0.3, -0.25) is 14.4 Å². The summed E-state index contributed by atoms with van der Waals surface area (Å²) >= 11 is 0. The molecule has 38 heavy (non-hydrogen) atoms. The number of amides is 2. The zero-order chi connectivity index (χ0) is 26.4. The van der Waals surface area contributed by atoms with Crippen molar-refractivity contribution in [3.63, 3.8) is 0 Å². The number of methoxy groups -OCH3 is 1. The Morgan fingerprint density at radius 2 is 1.76 bits per heavy atom. The molecule has 2 aromatic carbocycles. The number of nitrogens with one attached hydrogen (secondary N) is 1. The van der Waals surface area contributed by atoms with E-state index >= 15 is 0 Å². The van der Waals surface area contributed by atoms with Gasteiger partial charge in [-0.1, -0.05) is 30.3 Å². The molecule has 0 bridgehead atoms. The molecule has 3 aliphatic rings. The molecule has 3 aromatic rings. The average Bonchev–Trinajstić information content (AvgIpc) is 3.27. The van der Waals surface area contributed by atoms with Crippen LogP contribution < -0.4 is 10.2 Å². The predicted molar refractivity (Wildman–Crippen MR) is 145 cm³/mol. The SMILES string of the molecule is COC(=O)C1CCC(CNC(=O)Cn2c3c(c4ccccc42)CCN2C(=O)c4ccccc4N(C)C32)CC1. The molecule has 1 aromatic heterocycles. The Bertz CT molecular complexity index is 1400. The molecule has 2 aliphatic heterocycles. The van der Waals surface area contributed by atoms with Crippen molar-refractivity contribution in [2.75, 3.05) is 32.1 Å². The molecular formula is C30H34N4O4. The second-order valence-corrected chi connectivity index (χ2v) is 10.8. The van der Waals surface area contributed by atoms with Crippen molar-refractivity contribution in [2.45, 2.75) is 44.8 Å². The maximum absolute atomic E-state index is 13.5. The summed E-state index contributed by atoms with van der Waals surface area (Å²) in [7, 11) is 3.47. The molecule has 0 saturated heterocycles. The van der Waals surface area contributed by atoms with E-state index in [1.54, 1.807) is 0 Å². The highest BCUT2D eigenvalue weighted by Crippen LogP contribution is 2.44. The summed E-state index contributed by atoms with van der Waals surface area (Å²) in [4.78, 5) is 42.7. The molecule has 0 spiro atoms. The minimum atomic E-state index is -0.269. The molecule has 3 heterocycles. The van der Waals surface area contributed by atoms with Crippen LogP contribution in [0.4, 0.5) is 5.69 Å². The Labute approximate surface area is 222 Å². The fraction of sp³-hybridized carbons (Fsp3) is 0.433. The highest BCUT2D eigenvalue weighted by atomic mass is 16.5. The molecule has 198 valence electrons. The van der Waals surface area contributed by atoms with E-state index < -0.39 is 0 Å². The van der Waals surface area contributed by atoms with Crippen molar-refractivity contribution in [2.24, 2.45) is 11.8 Å². The minimum Gasteiger partial charge on any atom is -0.469 e. The van der Waals surface area contributed by atoms with Crippen LogP contribution in [0, 0.1) is 11.8 Å². The lowest BCUT2D eigenvalue weighted by Gasteiger charge is -2.46. The lowest BCUT2D eigenvalue weighted by Crippen LogP contribution is -2.51. The van der Waals surface area contributed by atoms with Crippen molar-refractivity contribution in [1.82, 2.24) is 14.8 Å². The van der Waals surface area contributed by atoms with Crippen molar-refractivity contribution < 1.29 is 19.1 Å².